The quantitative estimate of drug-likeness (QED) is 0.537. The number of hydrogen-bond donors (Lipinski definition) is 3. The number of amides is 2. The predicted molar refractivity (Wildman–Crippen MR) is 132 cm³/mol. The third kappa shape index (κ3) is 5.65. The van der Waals surface area contributed by atoms with Crippen molar-refractivity contribution in [3.8, 4) is 11.1 Å². The Balaban J connectivity index is 1.38. The molecule has 0 spiro atoms. The third-order valence-corrected chi connectivity index (χ3v) is 6.91. The Hall–Kier alpha value is -3.39. The van der Waals surface area contributed by atoms with Crippen molar-refractivity contribution in [2.45, 2.75) is 43.7 Å². The van der Waals surface area contributed by atoms with Crippen LogP contribution < -0.4 is 10.6 Å². The largest absolute Gasteiger partial charge is 0.480 e. The number of hydrogen-bond acceptors (Lipinski definition) is 5. The van der Waals surface area contributed by atoms with Crippen LogP contribution in [0.25, 0.3) is 11.1 Å². The summed E-state index contributed by atoms with van der Waals surface area (Å²) in [5.41, 5.74) is 4.59. The molecule has 186 valence electrons. The summed E-state index contributed by atoms with van der Waals surface area (Å²) in [5.74, 6) is -1.96. The van der Waals surface area contributed by atoms with Crippen LogP contribution in [-0.2, 0) is 14.3 Å². The zero-order chi connectivity index (χ0) is 24.9. The van der Waals surface area contributed by atoms with Gasteiger partial charge in [0.1, 0.15) is 12.6 Å². The van der Waals surface area contributed by atoms with E-state index in [0.717, 1.165) is 35.1 Å². The molecule has 0 aromatic heterocycles. The Morgan fingerprint density at radius 3 is 2.20 bits per heavy atom. The minimum absolute atomic E-state index is 0.0408. The Kier molecular flexibility index (Phi) is 7.70. The second-order valence-corrected chi connectivity index (χ2v) is 9.63. The van der Waals surface area contributed by atoms with Crippen LogP contribution in [0.5, 0.6) is 0 Å². The Morgan fingerprint density at radius 2 is 1.60 bits per heavy atom. The number of carbonyl (C=O) groups excluding carboxylic acids is 2. The highest BCUT2D eigenvalue weighted by Crippen LogP contribution is 2.44. The molecule has 0 unspecified atom stereocenters. The molecular weight excluding hydrogens is 446 g/mol. The van der Waals surface area contributed by atoms with E-state index in [1.165, 1.54) is 0 Å². The number of nitrogens with one attached hydrogen (secondary N) is 2. The summed E-state index contributed by atoms with van der Waals surface area (Å²) in [7, 11) is 3.51. The first-order valence-corrected chi connectivity index (χ1v) is 12.1. The van der Waals surface area contributed by atoms with Gasteiger partial charge in [-0.2, -0.15) is 0 Å². The van der Waals surface area contributed by atoms with E-state index < -0.39 is 30.1 Å². The van der Waals surface area contributed by atoms with Crippen LogP contribution in [-0.4, -0.2) is 67.3 Å². The van der Waals surface area contributed by atoms with Crippen LogP contribution in [0.2, 0.25) is 0 Å². The van der Waals surface area contributed by atoms with Crippen molar-refractivity contribution in [3.63, 3.8) is 0 Å². The SMILES string of the molecule is CN(C)C[C@H](NC(=O)[C@@H]1CCCC[C@@H]1NC(=O)OCC1c2ccccc2-c2ccccc21)C(=O)O. The third-order valence-electron chi connectivity index (χ3n) is 6.91. The first-order valence-electron chi connectivity index (χ1n) is 12.1. The maximum Gasteiger partial charge on any atom is 0.407 e. The van der Waals surface area contributed by atoms with Crippen molar-refractivity contribution in [1.82, 2.24) is 15.5 Å². The fraction of sp³-hybridized carbons (Fsp3) is 0.444. The molecule has 2 aromatic carbocycles. The summed E-state index contributed by atoms with van der Waals surface area (Å²) in [6, 6.07) is 14.9. The van der Waals surface area contributed by atoms with Crippen LogP contribution in [0, 0.1) is 5.92 Å². The van der Waals surface area contributed by atoms with Crippen molar-refractivity contribution >= 4 is 18.0 Å². The van der Waals surface area contributed by atoms with Gasteiger partial charge in [-0.3, -0.25) is 4.79 Å². The van der Waals surface area contributed by atoms with Crippen molar-refractivity contribution in [3.05, 3.63) is 59.7 Å². The van der Waals surface area contributed by atoms with Crippen LogP contribution in [0.15, 0.2) is 48.5 Å². The second kappa shape index (κ2) is 10.9. The van der Waals surface area contributed by atoms with Crippen LogP contribution in [0.4, 0.5) is 4.79 Å². The topological polar surface area (TPSA) is 108 Å². The van der Waals surface area contributed by atoms with E-state index >= 15 is 0 Å². The van der Waals surface area contributed by atoms with Gasteiger partial charge in [-0.25, -0.2) is 9.59 Å². The molecule has 4 rings (SSSR count). The maximum atomic E-state index is 12.9. The van der Waals surface area contributed by atoms with E-state index in [-0.39, 0.29) is 25.0 Å². The molecule has 8 heteroatoms. The molecule has 1 saturated carbocycles. The van der Waals surface area contributed by atoms with Gasteiger partial charge < -0.3 is 25.4 Å². The average molecular weight is 480 g/mol. The lowest BCUT2D eigenvalue weighted by Gasteiger charge is -2.32. The number of nitrogens with zero attached hydrogens (tertiary/aromatic N) is 1. The fourth-order valence-corrected chi connectivity index (χ4v) is 5.24. The van der Waals surface area contributed by atoms with Crippen LogP contribution >= 0.6 is 0 Å². The number of carbonyl (C=O) groups is 3. The molecule has 35 heavy (non-hydrogen) atoms. The number of fused-ring (bicyclic) bond motifs is 3. The smallest absolute Gasteiger partial charge is 0.407 e. The summed E-state index contributed by atoms with van der Waals surface area (Å²) in [5, 5.41) is 15.0. The van der Waals surface area contributed by atoms with E-state index in [1.807, 2.05) is 24.3 Å². The first kappa shape index (κ1) is 24.7. The number of rotatable bonds is 8. The molecule has 8 nitrogen and oxygen atoms in total. The number of carboxylic acid groups (broad SMARTS) is 1. The summed E-state index contributed by atoms with van der Waals surface area (Å²) in [4.78, 5) is 39.0. The number of carboxylic acids is 1. The lowest BCUT2D eigenvalue weighted by Crippen LogP contribution is -2.53. The summed E-state index contributed by atoms with van der Waals surface area (Å²) < 4.78 is 5.66. The fourth-order valence-electron chi connectivity index (χ4n) is 5.24. The van der Waals surface area contributed by atoms with Gasteiger partial charge >= 0.3 is 12.1 Å². The van der Waals surface area contributed by atoms with E-state index in [4.69, 9.17) is 4.74 Å². The minimum atomic E-state index is -1.08. The molecule has 1 fully saturated rings. The molecule has 2 aliphatic rings. The highest BCUT2D eigenvalue weighted by molar-refractivity contribution is 5.86. The molecule has 3 atom stereocenters. The molecule has 0 heterocycles. The van der Waals surface area contributed by atoms with Gasteiger partial charge in [0.25, 0.3) is 0 Å². The molecule has 2 aliphatic carbocycles. The van der Waals surface area contributed by atoms with Gasteiger partial charge in [0.15, 0.2) is 0 Å². The normalized spacial score (nSPS) is 20.0. The van der Waals surface area contributed by atoms with E-state index in [2.05, 4.69) is 34.9 Å². The average Bonchev–Trinajstić information content (AvgIpc) is 3.16. The number of alkyl carbamates (subject to hydrolysis) is 1. The lowest BCUT2D eigenvalue weighted by molar-refractivity contribution is -0.143. The van der Waals surface area contributed by atoms with Crippen LogP contribution in [0.3, 0.4) is 0 Å². The predicted octanol–water partition coefficient (Wildman–Crippen LogP) is 3.21. The molecule has 0 aliphatic heterocycles. The molecule has 0 saturated heterocycles. The highest BCUT2D eigenvalue weighted by atomic mass is 16.5. The second-order valence-electron chi connectivity index (χ2n) is 9.63. The van der Waals surface area contributed by atoms with Crippen LogP contribution in [0.1, 0.15) is 42.7 Å². The molecular formula is C27H33N3O5. The van der Waals surface area contributed by atoms with E-state index in [0.29, 0.717) is 12.8 Å². The Labute approximate surface area is 205 Å². The standard InChI is InChI=1S/C27H33N3O5/c1-30(2)15-24(26(32)33)28-25(31)21-13-7-8-14-23(21)29-27(34)35-16-22-19-11-5-3-9-17(19)18-10-4-6-12-20(18)22/h3-6,9-12,21-24H,7-8,13-16H2,1-2H3,(H,28,31)(H,29,34)(H,32,33)/t21-,23+,24+/m1/s1. The molecule has 2 aromatic rings. The molecule has 2 amide bonds. The number of ether oxygens (including phenoxy) is 1. The zero-order valence-electron chi connectivity index (χ0n) is 20.2. The van der Waals surface area contributed by atoms with Gasteiger partial charge in [-0.1, -0.05) is 61.4 Å². The van der Waals surface area contributed by atoms with Gasteiger partial charge in [-0.05, 0) is 49.2 Å². The molecule has 3 N–H and O–H groups in total. The minimum Gasteiger partial charge on any atom is -0.480 e. The maximum absolute atomic E-state index is 12.9. The number of benzene rings is 2. The van der Waals surface area contributed by atoms with Gasteiger partial charge in [0, 0.05) is 18.5 Å². The van der Waals surface area contributed by atoms with Crippen molar-refractivity contribution in [1.29, 1.82) is 0 Å². The van der Waals surface area contributed by atoms with E-state index in [9.17, 15) is 19.5 Å². The number of likely N-dealkylation sites (N-methyl/N-ethyl adjacent to an activating group) is 1. The summed E-state index contributed by atoms with van der Waals surface area (Å²) in [6.45, 7) is 0.394. The zero-order valence-corrected chi connectivity index (χ0v) is 20.2. The van der Waals surface area contributed by atoms with E-state index in [1.54, 1.807) is 19.0 Å². The van der Waals surface area contributed by atoms with Crippen molar-refractivity contribution in [2.24, 2.45) is 5.92 Å². The van der Waals surface area contributed by atoms with Crippen molar-refractivity contribution in [2.75, 3.05) is 27.2 Å². The number of aliphatic carboxylic acids is 1. The first-order chi connectivity index (χ1) is 16.8. The van der Waals surface area contributed by atoms with Gasteiger partial charge in [-0.15, -0.1) is 0 Å². The molecule has 0 bridgehead atoms. The van der Waals surface area contributed by atoms with Crippen molar-refractivity contribution < 1.29 is 24.2 Å². The summed E-state index contributed by atoms with van der Waals surface area (Å²) in [6.07, 6.45) is 2.42. The van der Waals surface area contributed by atoms with Gasteiger partial charge in [0.05, 0.1) is 5.92 Å². The monoisotopic (exact) mass is 479 g/mol. The lowest BCUT2D eigenvalue weighted by atomic mass is 9.83. The van der Waals surface area contributed by atoms with Gasteiger partial charge in [0.2, 0.25) is 5.91 Å². The Morgan fingerprint density at radius 1 is 1.00 bits per heavy atom. The summed E-state index contributed by atoms with van der Waals surface area (Å²) >= 11 is 0. The molecule has 0 radical (unpaired) electrons. The highest BCUT2D eigenvalue weighted by Gasteiger charge is 2.35. The Bertz CT molecular complexity index is 1040.